The summed E-state index contributed by atoms with van der Waals surface area (Å²) >= 11 is 0. The molecule has 4 heteroatoms. The highest BCUT2D eigenvalue weighted by molar-refractivity contribution is 5.92. The fraction of sp³-hybridized carbons (Fsp3) is 0.545. The normalized spacial score (nSPS) is 20.5. The van der Waals surface area contributed by atoms with Crippen LogP contribution >= 0.6 is 0 Å². The third kappa shape index (κ3) is 2.39. The number of nitrogens with zero attached hydrogens (tertiary/aromatic N) is 1. The van der Waals surface area contributed by atoms with E-state index in [0.29, 0.717) is 12.2 Å². The summed E-state index contributed by atoms with van der Waals surface area (Å²) in [5, 5.41) is 11.8. The van der Waals surface area contributed by atoms with Crippen molar-refractivity contribution in [2.75, 3.05) is 13.2 Å². The Morgan fingerprint density at radius 2 is 2.40 bits per heavy atom. The van der Waals surface area contributed by atoms with E-state index in [0.717, 1.165) is 18.5 Å². The van der Waals surface area contributed by atoms with Gasteiger partial charge in [0.2, 0.25) is 0 Å². The van der Waals surface area contributed by atoms with E-state index >= 15 is 0 Å². The van der Waals surface area contributed by atoms with Crippen LogP contribution in [0, 0.1) is 0 Å². The van der Waals surface area contributed by atoms with Gasteiger partial charge in [0, 0.05) is 12.2 Å². The molecule has 0 spiro atoms. The zero-order chi connectivity index (χ0) is 11.4. The van der Waals surface area contributed by atoms with Gasteiger partial charge in [-0.3, -0.25) is 4.79 Å². The minimum atomic E-state index is -0.195. The maximum atomic E-state index is 11.6. The van der Waals surface area contributed by atoms with Crippen molar-refractivity contribution in [1.29, 1.82) is 0 Å². The van der Waals surface area contributed by atoms with E-state index in [4.69, 9.17) is 5.11 Å². The molecule has 0 aromatic rings. The number of hydrogen-bond acceptors (Lipinski definition) is 3. The van der Waals surface area contributed by atoms with E-state index in [1.807, 2.05) is 6.92 Å². The summed E-state index contributed by atoms with van der Waals surface area (Å²) in [7, 11) is 0. The van der Waals surface area contributed by atoms with Crippen molar-refractivity contribution in [1.82, 2.24) is 10.2 Å². The Morgan fingerprint density at radius 1 is 1.73 bits per heavy atom. The number of carbonyl (C=O) groups is 1. The van der Waals surface area contributed by atoms with Gasteiger partial charge in [0.25, 0.3) is 5.91 Å². The molecular weight excluding hydrogens is 192 g/mol. The number of rotatable bonds is 4. The summed E-state index contributed by atoms with van der Waals surface area (Å²) in [5.41, 5.74) is 1.23. The highest BCUT2D eigenvalue weighted by atomic mass is 16.3. The molecule has 0 saturated carbocycles. The number of aliphatic hydroxyl groups is 1. The van der Waals surface area contributed by atoms with Gasteiger partial charge >= 0.3 is 0 Å². The SMILES string of the molecule is C=C1CC[C@@H](CO)N1C(=C)C(=O)NCC. The molecule has 1 heterocycles. The standard InChI is InChI=1S/C11H18N2O2/c1-4-12-11(15)9(3)13-8(2)5-6-10(13)7-14/h10,14H,2-7H2,1H3,(H,12,15)/t10-/m0/s1. The van der Waals surface area contributed by atoms with Crippen molar-refractivity contribution in [3.63, 3.8) is 0 Å². The van der Waals surface area contributed by atoms with Crippen molar-refractivity contribution in [2.24, 2.45) is 0 Å². The first-order valence-electron chi connectivity index (χ1n) is 5.16. The molecule has 1 aliphatic heterocycles. The van der Waals surface area contributed by atoms with Crippen LogP contribution in [0.15, 0.2) is 24.6 Å². The minimum Gasteiger partial charge on any atom is -0.394 e. The van der Waals surface area contributed by atoms with Crippen LogP contribution in [-0.4, -0.2) is 35.1 Å². The smallest absolute Gasteiger partial charge is 0.267 e. The van der Waals surface area contributed by atoms with Gasteiger partial charge in [-0.05, 0) is 19.8 Å². The lowest BCUT2D eigenvalue weighted by molar-refractivity contribution is -0.118. The van der Waals surface area contributed by atoms with Crippen LogP contribution in [0.2, 0.25) is 0 Å². The number of likely N-dealkylation sites (tertiary alicyclic amines) is 1. The molecule has 1 saturated heterocycles. The molecule has 1 aliphatic rings. The Bertz CT molecular complexity index is 286. The van der Waals surface area contributed by atoms with E-state index in [2.05, 4.69) is 18.5 Å². The predicted molar refractivity (Wildman–Crippen MR) is 58.9 cm³/mol. The van der Waals surface area contributed by atoms with Gasteiger partial charge in [-0.2, -0.15) is 0 Å². The first-order chi connectivity index (χ1) is 7.11. The summed E-state index contributed by atoms with van der Waals surface area (Å²) in [5.74, 6) is -0.195. The molecule has 15 heavy (non-hydrogen) atoms. The first-order valence-corrected chi connectivity index (χ1v) is 5.16. The lowest BCUT2D eigenvalue weighted by atomic mass is 10.2. The van der Waals surface area contributed by atoms with Crippen LogP contribution in [0.5, 0.6) is 0 Å². The van der Waals surface area contributed by atoms with Crippen LogP contribution in [0.1, 0.15) is 19.8 Å². The number of nitrogens with one attached hydrogen (secondary N) is 1. The van der Waals surface area contributed by atoms with Crippen LogP contribution < -0.4 is 5.32 Å². The third-order valence-electron chi connectivity index (χ3n) is 2.57. The second kappa shape index (κ2) is 4.98. The van der Waals surface area contributed by atoms with Crippen LogP contribution in [0.25, 0.3) is 0 Å². The molecule has 4 nitrogen and oxygen atoms in total. The first kappa shape index (κ1) is 11.8. The summed E-state index contributed by atoms with van der Waals surface area (Å²) in [6, 6.07) is -0.0485. The predicted octanol–water partition coefficient (Wildman–Crippen LogP) is 0.607. The second-order valence-corrected chi connectivity index (χ2v) is 3.62. The molecule has 0 radical (unpaired) electrons. The fourth-order valence-corrected chi connectivity index (χ4v) is 1.80. The van der Waals surface area contributed by atoms with Crippen LogP contribution in [0.3, 0.4) is 0 Å². The van der Waals surface area contributed by atoms with E-state index in [1.54, 1.807) is 4.90 Å². The summed E-state index contributed by atoms with van der Waals surface area (Å²) in [6.45, 7) is 10.1. The molecule has 84 valence electrons. The highest BCUT2D eigenvalue weighted by Gasteiger charge is 2.30. The molecule has 1 rings (SSSR count). The zero-order valence-electron chi connectivity index (χ0n) is 9.12. The largest absolute Gasteiger partial charge is 0.394 e. The number of allylic oxidation sites excluding steroid dienone is 1. The molecule has 0 aliphatic carbocycles. The number of carbonyl (C=O) groups excluding carboxylic acids is 1. The molecule has 0 unspecified atom stereocenters. The Hall–Kier alpha value is -1.29. The van der Waals surface area contributed by atoms with Gasteiger partial charge in [0.05, 0.1) is 18.3 Å². The molecule has 0 bridgehead atoms. The molecule has 1 amide bonds. The molecule has 1 fully saturated rings. The molecule has 0 aromatic heterocycles. The van der Waals surface area contributed by atoms with Gasteiger partial charge < -0.3 is 15.3 Å². The molecular formula is C11H18N2O2. The van der Waals surface area contributed by atoms with E-state index in [1.165, 1.54) is 0 Å². The lowest BCUT2D eigenvalue weighted by Gasteiger charge is -2.27. The van der Waals surface area contributed by atoms with Gasteiger partial charge in [0.15, 0.2) is 0 Å². The maximum absolute atomic E-state index is 11.6. The van der Waals surface area contributed by atoms with Gasteiger partial charge in [-0.25, -0.2) is 0 Å². The molecule has 1 atom stereocenters. The molecule has 0 aromatic carbocycles. The van der Waals surface area contributed by atoms with Gasteiger partial charge in [-0.1, -0.05) is 13.2 Å². The Labute approximate surface area is 90.3 Å². The zero-order valence-corrected chi connectivity index (χ0v) is 9.12. The Balaban J connectivity index is 2.72. The minimum absolute atomic E-state index is 0.0252. The number of amides is 1. The van der Waals surface area contributed by atoms with E-state index in [9.17, 15) is 4.79 Å². The quantitative estimate of drug-likeness (QED) is 0.668. The average Bonchev–Trinajstić information content (AvgIpc) is 2.58. The van der Waals surface area contributed by atoms with Crippen LogP contribution in [0.4, 0.5) is 0 Å². The summed E-state index contributed by atoms with van der Waals surface area (Å²) < 4.78 is 0. The van der Waals surface area contributed by atoms with Crippen LogP contribution in [-0.2, 0) is 4.79 Å². The lowest BCUT2D eigenvalue weighted by Crippen LogP contribution is -2.37. The van der Waals surface area contributed by atoms with Gasteiger partial charge in [-0.15, -0.1) is 0 Å². The van der Waals surface area contributed by atoms with Gasteiger partial charge in [0.1, 0.15) is 0 Å². The van der Waals surface area contributed by atoms with Crippen molar-refractivity contribution >= 4 is 5.91 Å². The average molecular weight is 210 g/mol. The number of hydrogen-bond donors (Lipinski definition) is 2. The second-order valence-electron chi connectivity index (χ2n) is 3.62. The Morgan fingerprint density at radius 3 is 2.93 bits per heavy atom. The topological polar surface area (TPSA) is 52.6 Å². The van der Waals surface area contributed by atoms with E-state index < -0.39 is 0 Å². The summed E-state index contributed by atoms with van der Waals surface area (Å²) in [4.78, 5) is 13.3. The number of likely N-dealkylation sites (N-methyl/N-ethyl adjacent to an activating group) is 1. The Kier molecular flexibility index (Phi) is 3.91. The third-order valence-corrected chi connectivity index (χ3v) is 2.57. The molecule has 2 N–H and O–H groups in total. The van der Waals surface area contributed by atoms with Crippen molar-refractivity contribution in [3.05, 3.63) is 24.6 Å². The monoisotopic (exact) mass is 210 g/mol. The van der Waals surface area contributed by atoms with Crippen molar-refractivity contribution < 1.29 is 9.90 Å². The summed E-state index contributed by atoms with van der Waals surface area (Å²) in [6.07, 6.45) is 1.64. The van der Waals surface area contributed by atoms with Crippen molar-refractivity contribution in [2.45, 2.75) is 25.8 Å². The van der Waals surface area contributed by atoms with Crippen molar-refractivity contribution in [3.8, 4) is 0 Å². The number of aliphatic hydroxyl groups excluding tert-OH is 1. The maximum Gasteiger partial charge on any atom is 0.267 e. The fourth-order valence-electron chi connectivity index (χ4n) is 1.80. The highest BCUT2D eigenvalue weighted by Crippen LogP contribution is 2.29. The van der Waals surface area contributed by atoms with E-state index in [-0.39, 0.29) is 18.6 Å².